The van der Waals surface area contributed by atoms with Crippen molar-refractivity contribution in [2.75, 3.05) is 6.61 Å². The number of hydrogen-bond donors (Lipinski definition) is 0. The fourth-order valence-electron chi connectivity index (χ4n) is 6.52. The summed E-state index contributed by atoms with van der Waals surface area (Å²) >= 11 is 0. The summed E-state index contributed by atoms with van der Waals surface area (Å²) in [4.78, 5) is 0. The summed E-state index contributed by atoms with van der Waals surface area (Å²) in [6.45, 7) is 17.7. The summed E-state index contributed by atoms with van der Waals surface area (Å²) in [5.41, 5.74) is 5.16. The van der Waals surface area contributed by atoms with Crippen molar-refractivity contribution in [1.82, 2.24) is 5.16 Å². The van der Waals surface area contributed by atoms with E-state index < -0.39 is 8.32 Å². The van der Waals surface area contributed by atoms with Crippen molar-refractivity contribution in [3.8, 4) is 0 Å². The van der Waals surface area contributed by atoms with Crippen molar-refractivity contribution in [1.29, 1.82) is 0 Å². The Morgan fingerprint density at radius 2 is 1.86 bits per heavy atom. The maximum absolute atomic E-state index is 6.82. The van der Waals surface area contributed by atoms with Crippen molar-refractivity contribution in [3.63, 3.8) is 0 Å². The minimum Gasteiger partial charge on any atom is -0.416 e. The molecular formula is C24H41NO2Si. The molecule has 3 nitrogen and oxygen atoms in total. The zero-order chi connectivity index (χ0) is 20.5. The van der Waals surface area contributed by atoms with Crippen LogP contribution in [0.2, 0.25) is 16.6 Å². The van der Waals surface area contributed by atoms with Gasteiger partial charge in [-0.25, -0.2) is 0 Å². The van der Waals surface area contributed by atoms with Crippen LogP contribution in [0.3, 0.4) is 0 Å². The van der Waals surface area contributed by atoms with Crippen molar-refractivity contribution in [3.05, 3.63) is 23.1 Å². The molecule has 158 valence electrons. The molecule has 3 rings (SSSR count). The topological polar surface area (TPSA) is 35.3 Å². The Kier molecular flexibility index (Phi) is 6.60. The van der Waals surface area contributed by atoms with Crippen molar-refractivity contribution in [2.45, 2.75) is 104 Å². The van der Waals surface area contributed by atoms with Crippen LogP contribution in [0, 0.1) is 11.3 Å². The van der Waals surface area contributed by atoms with E-state index in [0.29, 0.717) is 16.6 Å². The lowest BCUT2D eigenvalue weighted by atomic mass is 9.59. The van der Waals surface area contributed by atoms with Gasteiger partial charge in [0.1, 0.15) is 0 Å². The van der Waals surface area contributed by atoms with Crippen LogP contribution < -0.4 is 0 Å². The lowest BCUT2D eigenvalue weighted by Crippen LogP contribution is -2.48. The van der Waals surface area contributed by atoms with E-state index in [4.69, 9.17) is 8.95 Å². The summed E-state index contributed by atoms with van der Waals surface area (Å²) in [5.74, 6) is 1.74. The molecule has 1 aromatic rings. The number of rotatable bonds is 8. The summed E-state index contributed by atoms with van der Waals surface area (Å²) in [7, 11) is -1.74. The van der Waals surface area contributed by atoms with Gasteiger partial charge in [0.05, 0.1) is 6.20 Å². The van der Waals surface area contributed by atoms with Crippen LogP contribution in [0.25, 0.3) is 6.08 Å². The molecule has 0 amide bonds. The molecule has 0 aliphatic heterocycles. The van der Waals surface area contributed by atoms with E-state index >= 15 is 0 Å². The second kappa shape index (κ2) is 8.47. The quantitative estimate of drug-likeness (QED) is 0.335. The lowest BCUT2D eigenvalue weighted by molar-refractivity contribution is 0.154. The third-order valence-electron chi connectivity index (χ3n) is 7.93. The van der Waals surface area contributed by atoms with Crippen LogP contribution in [0.5, 0.6) is 0 Å². The molecule has 2 unspecified atom stereocenters. The highest BCUT2D eigenvalue weighted by atomic mass is 28.4. The Morgan fingerprint density at radius 3 is 2.50 bits per heavy atom. The Balaban J connectivity index is 1.63. The summed E-state index contributed by atoms with van der Waals surface area (Å²) in [6.07, 6.45) is 11.6. The van der Waals surface area contributed by atoms with Gasteiger partial charge in [-0.15, -0.1) is 0 Å². The van der Waals surface area contributed by atoms with E-state index in [2.05, 4.69) is 59.7 Å². The van der Waals surface area contributed by atoms with Gasteiger partial charge in [-0.1, -0.05) is 59.2 Å². The Bertz CT molecular complexity index is 669. The van der Waals surface area contributed by atoms with Gasteiger partial charge in [0.2, 0.25) is 0 Å². The van der Waals surface area contributed by atoms with E-state index in [-0.39, 0.29) is 5.41 Å². The zero-order valence-electron chi connectivity index (χ0n) is 19.2. The molecule has 4 heteroatoms. The molecule has 0 aromatic carbocycles. The number of hydrogen-bond acceptors (Lipinski definition) is 3. The zero-order valence-corrected chi connectivity index (χ0v) is 20.2. The highest BCUT2D eigenvalue weighted by Crippen LogP contribution is 2.52. The van der Waals surface area contributed by atoms with E-state index in [1.54, 1.807) is 5.57 Å². The molecule has 2 aliphatic carbocycles. The Hall–Kier alpha value is -0.873. The minimum atomic E-state index is -1.74. The first-order valence-electron chi connectivity index (χ1n) is 11.5. The van der Waals surface area contributed by atoms with Gasteiger partial charge < -0.3 is 8.95 Å². The second-order valence-corrected chi connectivity index (χ2v) is 15.8. The normalized spacial score (nSPS) is 25.2. The highest BCUT2D eigenvalue weighted by Gasteiger charge is 2.45. The predicted octanol–water partition coefficient (Wildman–Crippen LogP) is 7.39. The van der Waals surface area contributed by atoms with Crippen LogP contribution in [0.15, 0.2) is 16.3 Å². The van der Waals surface area contributed by atoms with Crippen molar-refractivity contribution >= 4 is 14.4 Å². The predicted molar refractivity (Wildman–Crippen MR) is 120 cm³/mol. The molecule has 0 bridgehead atoms. The molecule has 0 saturated heterocycles. The molecule has 2 atom stereocenters. The fraction of sp³-hybridized carbons (Fsp3) is 0.792. The van der Waals surface area contributed by atoms with Gasteiger partial charge in [0.15, 0.2) is 14.1 Å². The van der Waals surface area contributed by atoms with Crippen molar-refractivity contribution in [2.24, 2.45) is 11.3 Å². The van der Waals surface area contributed by atoms with Crippen LogP contribution in [0.4, 0.5) is 0 Å². The molecule has 0 radical (unpaired) electrons. The molecule has 1 saturated carbocycles. The maximum atomic E-state index is 6.82. The van der Waals surface area contributed by atoms with Gasteiger partial charge in [-0.3, -0.25) is 0 Å². The second-order valence-electron chi connectivity index (χ2n) is 10.4. The molecule has 1 fully saturated rings. The minimum absolute atomic E-state index is 0.277. The van der Waals surface area contributed by atoms with Gasteiger partial charge in [0.25, 0.3) is 0 Å². The molecule has 2 aliphatic rings. The van der Waals surface area contributed by atoms with E-state index in [0.717, 1.165) is 24.7 Å². The third kappa shape index (κ3) is 3.79. The van der Waals surface area contributed by atoms with Gasteiger partial charge in [-0.05, 0) is 72.6 Å². The molecular weight excluding hydrogens is 362 g/mol. The molecule has 28 heavy (non-hydrogen) atoms. The Labute approximate surface area is 173 Å². The molecule has 1 aromatic heterocycles. The first kappa shape index (κ1) is 21.8. The lowest BCUT2D eigenvalue weighted by Gasteiger charge is -2.46. The van der Waals surface area contributed by atoms with E-state index in [1.165, 1.54) is 37.7 Å². The summed E-state index contributed by atoms with van der Waals surface area (Å²) in [6, 6.07) is 0. The summed E-state index contributed by atoms with van der Waals surface area (Å²) < 4.78 is 12.3. The SMILES string of the molecule is CC(C)[Si](OCCCC1CCCC2=Cc3oncc3CC21C)(C(C)C)C(C)C. The molecule has 0 N–H and O–H groups in total. The van der Waals surface area contributed by atoms with Crippen LogP contribution in [0.1, 0.15) is 91.9 Å². The third-order valence-corrected chi connectivity index (χ3v) is 14.0. The maximum Gasteiger partial charge on any atom is 0.200 e. The first-order chi connectivity index (χ1) is 13.2. The van der Waals surface area contributed by atoms with Crippen LogP contribution >= 0.6 is 0 Å². The van der Waals surface area contributed by atoms with Gasteiger partial charge >= 0.3 is 0 Å². The number of allylic oxidation sites excluding steroid dienone is 1. The standard InChI is InChI=1S/C24H41NO2Si/c1-17(2)28(18(3)4,19(5)6)26-13-9-12-21-10-8-11-22-14-23-20(16-25-27-23)15-24(21,22)7/h14,16-19,21H,8-13,15H2,1-7H3. The van der Waals surface area contributed by atoms with E-state index in [9.17, 15) is 0 Å². The average molecular weight is 404 g/mol. The molecule has 1 heterocycles. The van der Waals surface area contributed by atoms with Gasteiger partial charge in [-0.2, -0.15) is 0 Å². The Morgan fingerprint density at radius 1 is 1.18 bits per heavy atom. The number of nitrogens with zero attached hydrogens (tertiary/aromatic N) is 1. The first-order valence-corrected chi connectivity index (χ1v) is 13.6. The molecule has 0 spiro atoms. The van der Waals surface area contributed by atoms with Crippen molar-refractivity contribution < 1.29 is 8.95 Å². The highest BCUT2D eigenvalue weighted by molar-refractivity contribution is 6.77. The van der Waals surface area contributed by atoms with E-state index in [1.807, 2.05) is 6.20 Å². The van der Waals surface area contributed by atoms with Crippen LogP contribution in [-0.2, 0) is 10.8 Å². The number of fused-ring (bicyclic) bond motifs is 2. The average Bonchev–Trinajstić information content (AvgIpc) is 3.05. The fourth-order valence-corrected chi connectivity index (χ4v) is 12.0. The monoisotopic (exact) mass is 403 g/mol. The van der Waals surface area contributed by atoms with Gasteiger partial charge in [0, 0.05) is 12.2 Å². The summed E-state index contributed by atoms with van der Waals surface area (Å²) in [5, 5.41) is 4.03. The van der Waals surface area contributed by atoms with Crippen LogP contribution in [-0.4, -0.2) is 20.1 Å². The largest absolute Gasteiger partial charge is 0.416 e. The smallest absolute Gasteiger partial charge is 0.200 e. The number of aromatic nitrogens is 1.